The van der Waals surface area contributed by atoms with Gasteiger partial charge in [0.2, 0.25) is 0 Å². The van der Waals surface area contributed by atoms with Crippen LogP contribution in [0.1, 0.15) is 37.3 Å². The third-order valence-corrected chi connectivity index (χ3v) is 9.19. The highest BCUT2D eigenvalue weighted by Crippen LogP contribution is 2.55. The molecular weight excluding hydrogens is 319 g/mol. The zero-order valence-electron chi connectivity index (χ0n) is 15.5. The van der Waals surface area contributed by atoms with Gasteiger partial charge in [-0.15, -0.1) is 0 Å². The van der Waals surface area contributed by atoms with Crippen molar-refractivity contribution in [2.24, 2.45) is 0 Å². The molecule has 3 aromatic rings. The summed E-state index contributed by atoms with van der Waals surface area (Å²) in [5, 5.41) is 2.96. The molecule has 1 heteroatoms. The van der Waals surface area contributed by atoms with Gasteiger partial charge in [0.05, 0.1) is 30.7 Å². The number of hydrogen-bond acceptors (Lipinski definition) is 0. The second-order valence-corrected chi connectivity index (χ2v) is 10.8. The van der Waals surface area contributed by atoms with E-state index in [1.165, 1.54) is 28.2 Å². The summed E-state index contributed by atoms with van der Waals surface area (Å²) in [5.41, 5.74) is 2.89. The molecule has 0 bridgehead atoms. The molecule has 0 aliphatic rings. The van der Waals surface area contributed by atoms with E-state index >= 15 is 0 Å². The minimum atomic E-state index is -1.44. The molecule has 1 unspecified atom stereocenters. The molecule has 0 saturated heterocycles. The highest BCUT2D eigenvalue weighted by molar-refractivity contribution is 7.88. The van der Waals surface area contributed by atoms with Crippen LogP contribution in [-0.4, -0.2) is 6.66 Å². The summed E-state index contributed by atoms with van der Waals surface area (Å²) in [5.74, 6) is 0.637. The number of rotatable bonds is 6. The highest BCUT2D eigenvalue weighted by atomic mass is 31.2. The van der Waals surface area contributed by atoms with Gasteiger partial charge in [0.25, 0.3) is 0 Å². The van der Waals surface area contributed by atoms with Crippen LogP contribution >= 0.6 is 7.26 Å². The summed E-state index contributed by atoms with van der Waals surface area (Å²) < 4.78 is 0. The van der Waals surface area contributed by atoms with Crippen LogP contribution in [0.25, 0.3) is 0 Å². The lowest BCUT2D eigenvalue weighted by Crippen LogP contribution is -2.22. The molecule has 0 aliphatic carbocycles. The average Bonchev–Trinajstić information content (AvgIpc) is 2.69. The zero-order valence-corrected chi connectivity index (χ0v) is 16.4. The SMILES string of the molecule is CCC(C)c1ccc(C[P+](C)(c2ccccc2)c2ccccc2)cc1. The predicted molar refractivity (Wildman–Crippen MR) is 114 cm³/mol. The topological polar surface area (TPSA) is 0 Å². The minimum absolute atomic E-state index is 0.637. The molecule has 0 amide bonds. The van der Waals surface area contributed by atoms with Crippen LogP contribution in [0.4, 0.5) is 0 Å². The quantitative estimate of drug-likeness (QED) is 0.480. The molecule has 0 nitrogen and oxygen atoms in total. The Morgan fingerprint density at radius 2 is 1.20 bits per heavy atom. The van der Waals surface area contributed by atoms with E-state index in [0.29, 0.717) is 5.92 Å². The molecular formula is C24H28P+. The van der Waals surface area contributed by atoms with E-state index in [1.54, 1.807) is 0 Å². The molecule has 25 heavy (non-hydrogen) atoms. The molecule has 0 radical (unpaired) electrons. The van der Waals surface area contributed by atoms with E-state index in [0.717, 1.165) is 6.16 Å². The first-order valence-electron chi connectivity index (χ1n) is 9.19. The van der Waals surface area contributed by atoms with E-state index in [2.05, 4.69) is 105 Å². The van der Waals surface area contributed by atoms with E-state index in [9.17, 15) is 0 Å². The van der Waals surface area contributed by atoms with Crippen LogP contribution < -0.4 is 10.6 Å². The van der Waals surface area contributed by atoms with Crippen LogP contribution in [0.3, 0.4) is 0 Å². The van der Waals surface area contributed by atoms with E-state index in [-0.39, 0.29) is 0 Å². The highest BCUT2D eigenvalue weighted by Gasteiger charge is 2.37. The van der Waals surface area contributed by atoms with Crippen LogP contribution in [0.15, 0.2) is 84.9 Å². The monoisotopic (exact) mass is 347 g/mol. The normalized spacial score (nSPS) is 12.8. The number of benzene rings is 3. The molecule has 0 saturated carbocycles. The Kier molecular flexibility index (Phi) is 5.71. The largest absolute Gasteiger partial charge is 0.0992 e. The van der Waals surface area contributed by atoms with Gasteiger partial charge in [0.1, 0.15) is 0 Å². The van der Waals surface area contributed by atoms with E-state index in [4.69, 9.17) is 0 Å². The minimum Gasteiger partial charge on any atom is -0.0648 e. The first-order valence-corrected chi connectivity index (χ1v) is 11.6. The average molecular weight is 347 g/mol. The fraction of sp³-hybridized carbons (Fsp3) is 0.250. The van der Waals surface area contributed by atoms with Gasteiger partial charge >= 0.3 is 0 Å². The van der Waals surface area contributed by atoms with Crippen molar-refractivity contribution in [2.75, 3.05) is 6.66 Å². The second-order valence-electron chi connectivity index (χ2n) is 7.07. The molecule has 1 atom stereocenters. The van der Waals surface area contributed by atoms with Crippen molar-refractivity contribution >= 4 is 17.9 Å². The Morgan fingerprint density at radius 1 is 0.720 bits per heavy atom. The third-order valence-electron chi connectivity index (χ3n) is 5.31. The smallest absolute Gasteiger partial charge is 0.0648 e. The standard InChI is InChI=1S/C24H28P/c1-4-20(2)22-17-15-21(16-18-22)19-25(3,23-11-7-5-8-12-23)24-13-9-6-10-14-24/h5-18,20H,4,19H2,1-3H3/q+1. The van der Waals surface area contributed by atoms with Gasteiger partial charge in [0.15, 0.2) is 0 Å². The summed E-state index contributed by atoms with van der Waals surface area (Å²) >= 11 is 0. The van der Waals surface area contributed by atoms with Crippen LogP contribution in [0.2, 0.25) is 0 Å². The summed E-state index contributed by atoms with van der Waals surface area (Å²) in [6, 6.07) is 31.4. The Bertz CT molecular complexity index is 736. The lowest BCUT2D eigenvalue weighted by molar-refractivity contribution is 0.733. The van der Waals surface area contributed by atoms with Crippen molar-refractivity contribution in [1.29, 1.82) is 0 Å². The maximum Gasteiger partial charge on any atom is 0.0992 e. The lowest BCUT2D eigenvalue weighted by atomic mass is 9.98. The van der Waals surface area contributed by atoms with Crippen molar-refractivity contribution in [3.8, 4) is 0 Å². The van der Waals surface area contributed by atoms with Gasteiger partial charge in [-0.3, -0.25) is 0 Å². The van der Waals surface area contributed by atoms with Crippen molar-refractivity contribution in [3.05, 3.63) is 96.1 Å². The van der Waals surface area contributed by atoms with Gasteiger partial charge < -0.3 is 0 Å². The Morgan fingerprint density at radius 3 is 1.64 bits per heavy atom. The van der Waals surface area contributed by atoms with Gasteiger partial charge in [-0.25, -0.2) is 0 Å². The first kappa shape index (κ1) is 17.9. The van der Waals surface area contributed by atoms with Gasteiger partial charge in [-0.05, 0) is 47.7 Å². The molecule has 0 fully saturated rings. The molecule has 0 aromatic heterocycles. The Balaban J connectivity index is 1.96. The summed E-state index contributed by atoms with van der Waals surface area (Å²) in [4.78, 5) is 0. The first-order chi connectivity index (χ1) is 12.1. The van der Waals surface area contributed by atoms with Gasteiger partial charge in [0, 0.05) is 0 Å². The van der Waals surface area contributed by atoms with Crippen molar-refractivity contribution in [3.63, 3.8) is 0 Å². The Hall–Kier alpha value is -1.91. The summed E-state index contributed by atoms with van der Waals surface area (Å²) in [6.45, 7) is 7.03. The van der Waals surface area contributed by atoms with E-state index in [1.807, 2.05) is 0 Å². The summed E-state index contributed by atoms with van der Waals surface area (Å²) in [7, 11) is -1.44. The molecule has 3 aromatic carbocycles. The molecule has 0 aliphatic heterocycles. The maximum absolute atomic E-state index is 2.47. The van der Waals surface area contributed by atoms with Crippen LogP contribution in [0, 0.1) is 0 Å². The predicted octanol–water partition coefficient (Wildman–Crippen LogP) is 6.00. The van der Waals surface area contributed by atoms with Crippen LogP contribution in [0.5, 0.6) is 0 Å². The Labute approximate surface area is 153 Å². The number of hydrogen-bond donors (Lipinski definition) is 0. The lowest BCUT2D eigenvalue weighted by Gasteiger charge is -2.23. The van der Waals surface area contributed by atoms with E-state index < -0.39 is 7.26 Å². The van der Waals surface area contributed by atoms with Crippen molar-refractivity contribution < 1.29 is 0 Å². The van der Waals surface area contributed by atoms with Gasteiger partial charge in [-0.1, -0.05) is 74.5 Å². The molecule has 0 N–H and O–H groups in total. The maximum atomic E-state index is 2.47. The fourth-order valence-corrected chi connectivity index (χ4v) is 6.66. The third kappa shape index (κ3) is 4.02. The molecule has 128 valence electrons. The summed E-state index contributed by atoms with van der Waals surface area (Å²) in [6.07, 6.45) is 2.31. The molecule has 0 spiro atoms. The van der Waals surface area contributed by atoms with Gasteiger partial charge in [-0.2, -0.15) is 0 Å². The van der Waals surface area contributed by atoms with Crippen molar-refractivity contribution in [1.82, 2.24) is 0 Å². The van der Waals surface area contributed by atoms with Crippen molar-refractivity contribution in [2.45, 2.75) is 32.3 Å². The molecule has 3 rings (SSSR count). The van der Waals surface area contributed by atoms with Crippen LogP contribution in [-0.2, 0) is 6.16 Å². The molecule has 0 heterocycles. The second kappa shape index (κ2) is 7.98. The fourth-order valence-electron chi connectivity index (χ4n) is 3.40. The zero-order chi connectivity index (χ0) is 17.7.